The Morgan fingerprint density at radius 3 is 1.61 bits per heavy atom. The van der Waals surface area contributed by atoms with Crippen LogP contribution >= 0.6 is 11.6 Å². The maximum Gasteiger partial charge on any atom is 0.311 e. The number of likely N-dealkylation sites (tertiary alicyclic amines) is 3. The molecule has 0 aliphatic carbocycles. The molecule has 62 heavy (non-hydrogen) atoms. The Bertz CT molecular complexity index is 2560. The van der Waals surface area contributed by atoms with Gasteiger partial charge in [0.1, 0.15) is 34.4 Å². The molecule has 0 spiro atoms. The first-order valence-corrected chi connectivity index (χ1v) is 20.4. The number of nitrogens with zero attached hydrogens (tertiary/aromatic N) is 7. The predicted molar refractivity (Wildman–Crippen MR) is 239 cm³/mol. The fraction of sp³-hybridized carbons (Fsp3) is 0.349. The first-order chi connectivity index (χ1) is 29.6. The van der Waals surface area contributed by atoms with Crippen LogP contribution in [0.4, 0.5) is 41.6 Å². The number of likely N-dealkylation sites (N-methyl/N-ethyl adjacent to an activating group) is 3. The molecule has 0 amide bonds. The summed E-state index contributed by atoms with van der Waals surface area (Å²) in [5.41, 5.74) is 14.2. The lowest BCUT2D eigenvalue weighted by Gasteiger charge is -2.17. The average Bonchev–Trinajstić information content (AvgIpc) is 3.96. The maximum absolute atomic E-state index is 13.5. The van der Waals surface area contributed by atoms with Gasteiger partial charge >= 0.3 is 5.69 Å². The number of aromatic nitrogens is 2. The lowest BCUT2D eigenvalue weighted by Crippen LogP contribution is -2.24. The van der Waals surface area contributed by atoms with Crippen LogP contribution in [0.25, 0.3) is 32.6 Å². The minimum atomic E-state index is -0.591. The van der Waals surface area contributed by atoms with E-state index in [1.54, 1.807) is 18.3 Å². The Labute approximate surface area is 361 Å². The Hall–Kier alpha value is -5.92. The van der Waals surface area contributed by atoms with E-state index in [2.05, 4.69) is 49.4 Å². The summed E-state index contributed by atoms with van der Waals surface area (Å²) >= 11 is 5.80. The van der Waals surface area contributed by atoms with Gasteiger partial charge in [-0.15, -0.1) is 0 Å². The second-order valence-corrected chi connectivity index (χ2v) is 16.2. The summed E-state index contributed by atoms with van der Waals surface area (Å²) in [4.78, 5) is 35.6. The molecule has 0 saturated carbocycles. The molecule has 5 heterocycles. The Morgan fingerprint density at radius 1 is 0.661 bits per heavy atom. The summed E-state index contributed by atoms with van der Waals surface area (Å²) in [6.45, 7) is 6.04. The molecule has 6 N–H and O–H groups in total. The van der Waals surface area contributed by atoms with Gasteiger partial charge < -0.3 is 36.8 Å². The number of anilines is 3. The molecule has 3 aliphatic heterocycles. The number of fused-ring (bicyclic) bond motifs is 3. The van der Waals surface area contributed by atoms with E-state index in [1.165, 1.54) is 73.8 Å². The average molecular weight is 876 g/mol. The standard InChI is InChI=1S/C14H15FN4O2.C14H17FN4.C10H5ClFNO2.C5H12N2/c1-18-5-4-10(8-18)17-14-11-6-9(15)2-3-12(11)16-7-13(14)19(20)21;1-19-5-4-10(8-19)18-14-11-6-9(15)2-3-13(11)17-7-12(14)16;11-10-8-5-7(12)3-1-6(8)2-4-9(10)13(14)15;1-7-3-2-5(6)4-7/h2-3,6-7,10H,4-5,8H2,1H3,(H,16,17);2-3,6-7,10H,4-5,8,16H2,1H3,(H,17,18);1-5H;5H,2-4,6H2,1H3/t2*10-;;5-/m11.1/s1. The van der Waals surface area contributed by atoms with Gasteiger partial charge in [0.2, 0.25) is 0 Å². The second-order valence-electron chi connectivity index (χ2n) is 15.8. The highest BCUT2D eigenvalue weighted by molar-refractivity contribution is 6.37. The summed E-state index contributed by atoms with van der Waals surface area (Å²) in [7, 11) is 6.20. The molecule has 19 heteroatoms. The lowest BCUT2D eigenvalue weighted by molar-refractivity contribution is -0.384. The van der Waals surface area contributed by atoms with Gasteiger partial charge in [0.15, 0.2) is 0 Å². The number of nitro groups is 2. The Morgan fingerprint density at radius 2 is 1.13 bits per heavy atom. The minimum absolute atomic E-state index is 0.0306. The summed E-state index contributed by atoms with van der Waals surface area (Å²) < 4.78 is 39.8. The molecular formula is C43H49ClF3N11O4. The van der Waals surface area contributed by atoms with Crippen molar-refractivity contribution in [2.45, 2.75) is 37.4 Å². The Balaban J connectivity index is 0.000000145. The molecule has 3 saturated heterocycles. The largest absolute Gasteiger partial charge is 0.396 e. The summed E-state index contributed by atoms with van der Waals surface area (Å²) in [6, 6.07) is 16.4. The minimum Gasteiger partial charge on any atom is -0.396 e. The van der Waals surface area contributed by atoms with Crippen LogP contribution in [-0.4, -0.2) is 113 Å². The molecule has 3 atom stereocenters. The van der Waals surface area contributed by atoms with Gasteiger partial charge in [-0.25, -0.2) is 18.2 Å². The number of pyridine rings is 2. The van der Waals surface area contributed by atoms with Crippen molar-refractivity contribution in [3.05, 3.63) is 122 Å². The Kier molecular flexibility index (Phi) is 14.9. The molecule has 0 unspecified atom stereocenters. The molecule has 2 aromatic heterocycles. The molecule has 9 rings (SSSR count). The number of nitrogens with one attached hydrogen (secondary N) is 2. The third-order valence-electron chi connectivity index (χ3n) is 10.9. The maximum atomic E-state index is 13.5. The zero-order valence-electron chi connectivity index (χ0n) is 34.5. The predicted octanol–water partition coefficient (Wildman–Crippen LogP) is 7.66. The van der Waals surface area contributed by atoms with E-state index < -0.39 is 21.5 Å². The van der Waals surface area contributed by atoms with Gasteiger partial charge in [0.05, 0.1) is 38.5 Å². The smallest absolute Gasteiger partial charge is 0.311 e. The van der Waals surface area contributed by atoms with Crippen LogP contribution in [0.5, 0.6) is 0 Å². The van der Waals surface area contributed by atoms with Crippen molar-refractivity contribution in [1.82, 2.24) is 24.7 Å². The molecular weight excluding hydrogens is 827 g/mol. The van der Waals surface area contributed by atoms with Crippen LogP contribution in [0.2, 0.25) is 5.02 Å². The highest BCUT2D eigenvalue weighted by atomic mass is 35.5. The van der Waals surface area contributed by atoms with E-state index in [0.717, 1.165) is 62.2 Å². The topological polar surface area (TPSA) is 198 Å². The number of benzene rings is 4. The molecule has 0 radical (unpaired) electrons. The van der Waals surface area contributed by atoms with E-state index in [0.29, 0.717) is 45.1 Å². The highest BCUT2D eigenvalue weighted by Crippen LogP contribution is 2.35. The molecule has 3 fully saturated rings. The summed E-state index contributed by atoms with van der Waals surface area (Å²) in [5, 5.41) is 30.6. The zero-order chi connectivity index (χ0) is 44.7. The first kappa shape index (κ1) is 45.6. The van der Waals surface area contributed by atoms with Crippen molar-refractivity contribution in [3.8, 4) is 0 Å². The molecule has 6 aromatic rings. The third kappa shape index (κ3) is 11.5. The van der Waals surface area contributed by atoms with Crippen LogP contribution in [0.15, 0.2) is 79.1 Å². The second kappa shape index (κ2) is 20.3. The highest BCUT2D eigenvalue weighted by Gasteiger charge is 2.25. The fourth-order valence-electron chi connectivity index (χ4n) is 7.65. The summed E-state index contributed by atoms with van der Waals surface area (Å²) in [5.74, 6) is -1.17. The van der Waals surface area contributed by atoms with Crippen LogP contribution in [0.1, 0.15) is 19.3 Å². The number of hydrogen-bond acceptors (Lipinski definition) is 13. The van der Waals surface area contributed by atoms with Gasteiger partial charge in [-0.3, -0.25) is 25.2 Å². The van der Waals surface area contributed by atoms with Crippen LogP contribution in [0.3, 0.4) is 0 Å². The fourth-order valence-corrected chi connectivity index (χ4v) is 7.95. The van der Waals surface area contributed by atoms with Gasteiger partial charge in [-0.2, -0.15) is 0 Å². The van der Waals surface area contributed by atoms with Gasteiger partial charge in [0, 0.05) is 60.0 Å². The van der Waals surface area contributed by atoms with Crippen LogP contribution in [-0.2, 0) is 0 Å². The summed E-state index contributed by atoms with van der Waals surface area (Å²) in [6.07, 6.45) is 5.99. The molecule has 4 aromatic carbocycles. The van der Waals surface area contributed by atoms with Crippen molar-refractivity contribution in [3.63, 3.8) is 0 Å². The first-order valence-electron chi connectivity index (χ1n) is 20.0. The lowest BCUT2D eigenvalue weighted by atomic mass is 10.1. The third-order valence-corrected chi connectivity index (χ3v) is 11.3. The van der Waals surface area contributed by atoms with Crippen molar-refractivity contribution in [2.75, 3.05) is 76.8 Å². The van der Waals surface area contributed by atoms with Crippen molar-refractivity contribution in [1.29, 1.82) is 0 Å². The number of rotatable bonds is 6. The number of nitrogens with two attached hydrogens (primary N) is 2. The SMILES string of the molecule is CN1CC[C@@H](N)C1.CN1CC[C@@H](Nc2c(N)cnc3ccc(F)cc23)C1.CN1CC[C@@H](Nc2c([N+](=O)[O-])cnc3ccc(F)cc23)C1.O=[N+]([O-])c1ccc2ccc(F)cc2c1Cl. The molecule has 328 valence electrons. The van der Waals surface area contributed by atoms with Gasteiger partial charge in [-0.1, -0.05) is 17.7 Å². The number of nitrogen functional groups attached to an aromatic ring is 1. The van der Waals surface area contributed by atoms with E-state index in [9.17, 15) is 33.4 Å². The molecule has 15 nitrogen and oxygen atoms in total. The van der Waals surface area contributed by atoms with E-state index >= 15 is 0 Å². The van der Waals surface area contributed by atoms with E-state index in [-0.39, 0.29) is 28.3 Å². The monoisotopic (exact) mass is 875 g/mol. The van der Waals surface area contributed by atoms with Crippen LogP contribution in [0, 0.1) is 37.7 Å². The van der Waals surface area contributed by atoms with Gasteiger partial charge in [0.25, 0.3) is 5.69 Å². The van der Waals surface area contributed by atoms with Crippen molar-refractivity contribution in [2.24, 2.45) is 5.73 Å². The number of nitro benzene ring substituents is 1. The number of halogens is 4. The van der Waals surface area contributed by atoms with Crippen molar-refractivity contribution < 1.29 is 23.0 Å². The van der Waals surface area contributed by atoms with Crippen LogP contribution < -0.4 is 22.1 Å². The number of hydrogen-bond donors (Lipinski definition) is 4. The normalized spacial score (nSPS) is 19.0. The van der Waals surface area contributed by atoms with E-state index in [4.69, 9.17) is 23.1 Å². The van der Waals surface area contributed by atoms with Gasteiger partial charge in [-0.05, 0) is 120 Å². The molecule has 0 bridgehead atoms. The zero-order valence-corrected chi connectivity index (χ0v) is 35.3. The molecule has 3 aliphatic rings. The quantitative estimate of drug-likeness (QED) is 0.0941. The van der Waals surface area contributed by atoms with Crippen molar-refractivity contribution >= 4 is 72.6 Å². The van der Waals surface area contributed by atoms with E-state index in [1.807, 2.05) is 7.05 Å².